The summed E-state index contributed by atoms with van der Waals surface area (Å²) in [4.78, 5) is 27.4. The van der Waals surface area contributed by atoms with E-state index in [1.807, 2.05) is 38.1 Å². The number of fused-ring (bicyclic) bond motifs is 1. The van der Waals surface area contributed by atoms with E-state index in [-0.39, 0.29) is 18.4 Å². The Bertz CT molecular complexity index is 739. The van der Waals surface area contributed by atoms with Crippen LogP contribution in [0.15, 0.2) is 24.3 Å². The number of hydrogen-bond acceptors (Lipinski definition) is 4. The molecule has 1 aliphatic rings. The molecule has 4 unspecified atom stereocenters. The highest BCUT2D eigenvalue weighted by Gasteiger charge is 2.70. The molecule has 1 aromatic carbocycles. The Labute approximate surface area is 140 Å². The van der Waals surface area contributed by atoms with E-state index in [1.165, 1.54) is 0 Å². The van der Waals surface area contributed by atoms with Crippen molar-refractivity contribution in [2.75, 3.05) is 0 Å². The van der Waals surface area contributed by atoms with Crippen LogP contribution < -0.4 is 5.73 Å². The zero-order valence-corrected chi connectivity index (χ0v) is 14.7. The summed E-state index contributed by atoms with van der Waals surface area (Å²) in [6, 6.07) is 7.45. The summed E-state index contributed by atoms with van der Waals surface area (Å²) in [6.07, 6.45) is 1.05. The summed E-state index contributed by atoms with van der Waals surface area (Å²) in [5.41, 5.74) is 7.44. The maximum Gasteiger partial charge on any atom is 0.360 e. The molecule has 1 aliphatic heterocycles. The van der Waals surface area contributed by atoms with Gasteiger partial charge in [0.25, 0.3) is 0 Å². The highest BCUT2D eigenvalue weighted by molar-refractivity contribution is 7.53. The van der Waals surface area contributed by atoms with Crippen LogP contribution in [0.25, 0.3) is 11.0 Å². The molecule has 0 amide bonds. The van der Waals surface area contributed by atoms with Gasteiger partial charge in [0.1, 0.15) is 5.82 Å². The molecular weight excluding hydrogens is 329 g/mol. The van der Waals surface area contributed by atoms with Crippen molar-refractivity contribution in [3.05, 3.63) is 30.1 Å². The normalized spacial score (nSPS) is 26.5. The molecule has 7 nitrogen and oxygen atoms in total. The first-order valence-electron chi connectivity index (χ1n) is 8.20. The summed E-state index contributed by atoms with van der Waals surface area (Å²) in [5, 5.41) is -1.49. The van der Waals surface area contributed by atoms with Crippen molar-refractivity contribution in [3.8, 4) is 0 Å². The summed E-state index contributed by atoms with van der Waals surface area (Å²) in [5.74, 6) is 0.558. The van der Waals surface area contributed by atoms with Gasteiger partial charge in [-0.25, -0.2) is 4.98 Å². The predicted octanol–water partition coefficient (Wildman–Crippen LogP) is 2.66. The first-order chi connectivity index (χ1) is 11.3. The van der Waals surface area contributed by atoms with Gasteiger partial charge >= 0.3 is 7.60 Å². The highest BCUT2D eigenvalue weighted by Crippen LogP contribution is 2.72. The van der Waals surface area contributed by atoms with Gasteiger partial charge < -0.3 is 25.2 Å². The number of benzene rings is 1. The number of nitrogens with one attached hydrogen (secondary N) is 1. The maximum atomic E-state index is 12.1. The zero-order chi connectivity index (χ0) is 17.5. The van der Waals surface area contributed by atoms with E-state index in [1.54, 1.807) is 0 Å². The summed E-state index contributed by atoms with van der Waals surface area (Å²) >= 11 is 0. The second kappa shape index (κ2) is 6.24. The standard InChI is InChI=1S/C16H24N3O4P/c1-3-11(8-10(2)17)9-16(24(20,21)22)14(23-16)15-18-12-6-4-5-7-13(12)19-15/h4-7,10-11,14H,3,8-9,17H2,1-2H3,(H,18,19)(H2,20,21,22). The van der Waals surface area contributed by atoms with Gasteiger partial charge in [0, 0.05) is 6.04 Å². The Morgan fingerprint density at radius 1 is 1.46 bits per heavy atom. The molecular formula is C16H24N3O4P. The van der Waals surface area contributed by atoms with Crippen LogP contribution >= 0.6 is 7.60 Å². The molecule has 1 saturated heterocycles. The lowest BCUT2D eigenvalue weighted by atomic mass is 9.92. The van der Waals surface area contributed by atoms with Crippen LogP contribution in [0.5, 0.6) is 0 Å². The SMILES string of the molecule is CCC(CC(C)N)CC1(P(=O)(O)O)OC1c1nc2ccccc2[nH]1. The molecule has 0 radical (unpaired) electrons. The van der Waals surface area contributed by atoms with Crippen molar-refractivity contribution in [2.45, 2.75) is 50.6 Å². The molecule has 0 spiro atoms. The molecule has 0 bridgehead atoms. The molecule has 24 heavy (non-hydrogen) atoms. The van der Waals surface area contributed by atoms with Gasteiger partial charge in [-0.1, -0.05) is 25.5 Å². The van der Waals surface area contributed by atoms with E-state index in [4.69, 9.17) is 10.5 Å². The lowest BCUT2D eigenvalue weighted by Gasteiger charge is -2.22. The third kappa shape index (κ3) is 3.15. The molecule has 0 saturated carbocycles. The van der Waals surface area contributed by atoms with Crippen LogP contribution in [-0.4, -0.2) is 31.1 Å². The first kappa shape index (κ1) is 17.6. The van der Waals surface area contributed by atoms with Gasteiger partial charge in [-0.2, -0.15) is 0 Å². The second-order valence-corrected chi connectivity index (χ2v) is 8.56. The minimum absolute atomic E-state index is 0.0211. The van der Waals surface area contributed by atoms with E-state index in [9.17, 15) is 14.4 Å². The van der Waals surface area contributed by atoms with Gasteiger partial charge in [0.05, 0.1) is 11.0 Å². The van der Waals surface area contributed by atoms with Crippen LogP contribution in [0.2, 0.25) is 0 Å². The minimum atomic E-state index is -4.46. The number of imidazole rings is 1. The van der Waals surface area contributed by atoms with Crippen molar-refractivity contribution >= 4 is 18.6 Å². The third-order valence-corrected chi connectivity index (χ3v) is 6.20. The molecule has 8 heteroatoms. The van der Waals surface area contributed by atoms with Gasteiger partial charge in [-0.05, 0) is 37.8 Å². The average molecular weight is 353 g/mol. The summed E-state index contributed by atoms with van der Waals surface area (Å²) in [6.45, 7) is 3.90. The fourth-order valence-electron chi connectivity index (χ4n) is 3.37. The fourth-order valence-corrected chi connectivity index (χ4v) is 4.53. The number of aromatic nitrogens is 2. The van der Waals surface area contributed by atoms with Gasteiger partial charge in [-0.15, -0.1) is 0 Å². The van der Waals surface area contributed by atoms with Gasteiger partial charge in [0.2, 0.25) is 5.34 Å². The van der Waals surface area contributed by atoms with E-state index >= 15 is 0 Å². The molecule has 1 fully saturated rings. The van der Waals surface area contributed by atoms with Crippen molar-refractivity contribution in [1.29, 1.82) is 0 Å². The highest BCUT2D eigenvalue weighted by atomic mass is 31.2. The van der Waals surface area contributed by atoms with Crippen LogP contribution in [-0.2, 0) is 9.30 Å². The number of H-pyrrole nitrogens is 1. The molecule has 5 N–H and O–H groups in total. The Balaban J connectivity index is 1.88. The maximum absolute atomic E-state index is 12.1. The van der Waals surface area contributed by atoms with Crippen molar-refractivity contribution in [3.63, 3.8) is 0 Å². The number of para-hydroxylation sites is 2. The topological polar surface area (TPSA) is 125 Å². The molecule has 1 aromatic heterocycles. The molecule has 0 aliphatic carbocycles. The number of epoxide rings is 1. The third-order valence-electron chi connectivity index (χ3n) is 4.69. The average Bonchev–Trinajstić information content (AvgIpc) is 3.08. The lowest BCUT2D eigenvalue weighted by molar-refractivity contribution is 0.243. The lowest BCUT2D eigenvalue weighted by Crippen LogP contribution is -2.24. The van der Waals surface area contributed by atoms with Crippen LogP contribution in [0.1, 0.15) is 45.0 Å². The minimum Gasteiger partial charge on any atom is -0.344 e. The molecule has 2 aromatic rings. The molecule has 2 heterocycles. The van der Waals surface area contributed by atoms with E-state index in [0.717, 1.165) is 17.5 Å². The van der Waals surface area contributed by atoms with Gasteiger partial charge in [0.15, 0.2) is 6.10 Å². The Hall–Kier alpha value is -1.24. The van der Waals surface area contributed by atoms with Crippen LogP contribution in [0, 0.1) is 5.92 Å². The summed E-state index contributed by atoms with van der Waals surface area (Å²) < 4.78 is 17.7. The van der Waals surface area contributed by atoms with Crippen molar-refractivity contribution in [2.24, 2.45) is 11.7 Å². The number of rotatable bonds is 7. The number of hydrogen-bond donors (Lipinski definition) is 4. The number of nitrogens with zero attached hydrogens (tertiary/aromatic N) is 1. The Morgan fingerprint density at radius 3 is 2.75 bits per heavy atom. The number of aromatic amines is 1. The monoisotopic (exact) mass is 353 g/mol. The van der Waals surface area contributed by atoms with Crippen LogP contribution in [0.3, 0.4) is 0 Å². The Kier molecular flexibility index (Phi) is 4.57. The van der Waals surface area contributed by atoms with Crippen molar-refractivity contribution in [1.82, 2.24) is 9.97 Å². The zero-order valence-electron chi connectivity index (χ0n) is 13.8. The predicted molar refractivity (Wildman–Crippen MR) is 91.4 cm³/mol. The van der Waals surface area contributed by atoms with Crippen molar-refractivity contribution < 1.29 is 19.1 Å². The largest absolute Gasteiger partial charge is 0.360 e. The van der Waals surface area contributed by atoms with Crippen LogP contribution in [0.4, 0.5) is 0 Å². The molecule has 3 rings (SSSR count). The quantitative estimate of drug-likeness (QED) is 0.448. The van der Waals surface area contributed by atoms with E-state index < -0.39 is 19.0 Å². The van der Waals surface area contributed by atoms with E-state index in [0.29, 0.717) is 12.2 Å². The van der Waals surface area contributed by atoms with E-state index in [2.05, 4.69) is 9.97 Å². The second-order valence-electron chi connectivity index (χ2n) is 6.72. The van der Waals surface area contributed by atoms with Gasteiger partial charge in [-0.3, -0.25) is 4.57 Å². The Morgan fingerprint density at radius 2 is 2.17 bits per heavy atom. The smallest absolute Gasteiger partial charge is 0.344 e. The molecule has 4 atom stereocenters. The first-order valence-corrected chi connectivity index (χ1v) is 9.81. The number of nitrogens with two attached hydrogens (primary N) is 1. The number of ether oxygens (including phenoxy) is 1. The fraction of sp³-hybridized carbons (Fsp3) is 0.562. The molecule has 132 valence electrons. The summed E-state index contributed by atoms with van der Waals surface area (Å²) in [7, 11) is -4.46.